The summed E-state index contributed by atoms with van der Waals surface area (Å²) < 4.78 is 5.16. The number of hydrogen-bond acceptors (Lipinski definition) is 4. The van der Waals surface area contributed by atoms with Gasteiger partial charge in [0.25, 0.3) is 5.91 Å². The molecule has 0 aliphatic rings. The maximum absolute atomic E-state index is 12.4. The topological polar surface area (TPSA) is 54.5 Å². The van der Waals surface area contributed by atoms with Gasteiger partial charge in [0.2, 0.25) is 0 Å². The third-order valence-electron chi connectivity index (χ3n) is 4.01. The number of nitrogens with zero attached hydrogens (tertiary/aromatic N) is 2. The molecule has 1 heterocycles. The summed E-state index contributed by atoms with van der Waals surface area (Å²) in [6.07, 6.45) is 1.71. The van der Waals surface area contributed by atoms with Crippen molar-refractivity contribution in [1.29, 1.82) is 0 Å². The van der Waals surface area contributed by atoms with Crippen LogP contribution in [-0.4, -0.2) is 25.0 Å². The standard InChI is InChI=1S/C21H21N3O2/c1-24(15-16-7-4-3-5-8-16)18-11-12-20(22-14-18)21(25)23-17-9-6-10-19(13-17)26-2/h3-14H,15H2,1-2H3,(H,23,25). The molecule has 1 N–H and O–H groups in total. The highest BCUT2D eigenvalue weighted by Gasteiger charge is 2.09. The summed E-state index contributed by atoms with van der Waals surface area (Å²) in [5, 5.41) is 2.83. The van der Waals surface area contributed by atoms with E-state index in [1.165, 1.54) is 5.56 Å². The van der Waals surface area contributed by atoms with Gasteiger partial charge in [-0.05, 0) is 29.8 Å². The minimum absolute atomic E-state index is 0.254. The van der Waals surface area contributed by atoms with E-state index in [-0.39, 0.29) is 5.91 Å². The van der Waals surface area contributed by atoms with Crippen LogP contribution in [0.1, 0.15) is 16.1 Å². The summed E-state index contributed by atoms with van der Waals surface area (Å²) in [7, 11) is 3.59. The molecular formula is C21H21N3O2. The molecule has 0 spiro atoms. The number of aromatic nitrogens is 1. The zero-order valence-electron chi connectivity index (χ0n) is 14.8. The molecule has 1 aromatic heterocycles. The average molecular weight is 347 g/mol. The number of benzene rings is 2. The second kappa shape index (κ2) is 8.16. The molecular weight excluding hydrogens is 326 g/mol. The van der Waals surface area contributed by atoms with Crippen LogP contribution in [0.3, 0.4) is 0 Å². The van der Waals surface area contributed by atoms with E-state index in [1.807, 2.05) is 49.5 Å². The highest BCUT2D eigenvalue weighted by Crippen LogP contribution is 2.18. The quantitative estimate of drug-likeness (QED) is 0.733. The van der Waals surface area contributed by atoms with Crippen LogP contribution in [-0.2, 0) is 6.54 Å². The van der Waals surface area contributed by atoms with E-state index >= 15 is 0 Å². The fourth-order valence-electron chi connectivity index (χ4n) is 2.59. The molecule has 0 aliphatic carbocycles. The molecule has 132 valence electrons. The number of ether oxygens (including phenoxy) is 1. The predicted molar refractivity (Wildman–Crippen MR) is 104 cm³/mol. The van der Waals surface area contributed by atoms with E-state index in [4.69, 9.17) is 4.74 Å². The first-order valence-corrected chi connectivity index (χ1v) is 8.32. The molecule has 26 heavy (non-hydrogen) atoms. The normalized spacial score (nSPS) is 10.2. The summed E-state index contributed by atoms with van der Waals surface area (Å²) in [4.78, 5) is 18.7. The van der Waals surface area contributed by atoms with E-state index in [2.05, 4.69) is 27.3 Å². The van der Waals surface area contributed by atoms with Crippen molar-refractivity contribution in [3.05, 3.63) is 84.2 Å². The first-order chi connectivity index (χ1) is 12.7. The molecule has 3 aromatic rings. The Morgan fingerprint density at radius 2 is 1.88 bits per heavy atom. The first-order valence-electron chi connectivity index (χ1n) is 8.32. The van der Waals surface area contributed by atoms with E-state index in [9.17, 15) is 4.79 Å². The Bertz CT molecular complexity index is 864. The first kappa shape index (κ1) is 17.5. The Balaban J connectivity index is 1.65. The largest absolute Gasteiger partial charge is 0.497 e. The number of carbonyl (C=O) groups is 1. The molecule has 1 amide bonds. The molecule has 0 aliphatic heterocycles. The van der Waals surface area contributed by atoms with Crippen LogP contribution in [0.4, 0.5) is 11.4 Å². The van der Waals surface area contributed by atoms with Crippen molar-refractivity contribution < 1.29 is 9.53 Å². The van der Waals surface area contributed by atoms with Gasteiger partial charge < -0.3 is 15.0 Å². The number of amides is 1. The van der Waals surface area contributed by atoms with E-state index < -0.39 is 0 Å². The zero-order chi connectivity index (χ0) is 18.4. The Hall–Kier alpha value is -3.34. The van der Waals surface area contributed by atoms with Crippen molar-refractivity contribution in [2.75, 3.05) is 24.4 Å². The maximum Gasteiger partial charge on any atom is 0.274 e. The fourth-order valence-corrected chi connectivity index (χ4v) is 2.59. The molecule has 5 nitrogen and oxygen atoms in total. The maximum atomic E-state index is 12.4. The van der Waals surface area contributed by atoms with E-state index in [1.54, 1.807) is 25.4 Å². The summed E-state index contributed by atoms with van der Waals surface area (Å²) in [6, 6.07) is 21.1. The Morgan fingerprint density at radius 3 is 2.58 bits per heavy atom. The highest BCUT2D eigenvalue weighted by molar-refractivity contribution is 6.03. The van der Waals surface area contributed by atoms with Gasteiger partial charge in [-0.25, -0.2) is 4.98 Å². The van der Waals surface area contributed by atoms with Crippen molar-refractivity contribution in [2.45, 2.75) is 6.54 Å². The molecule has 0 radical (unpaired) electrons. The van der Waals surface area contributed by atoms with Crippen molar-refractivity contribution in [3.63, 3.8) is 0 Å². The Labute approximate surface area is 153 Å². The summed E-state index contributed by atoms with van der Waals surface area (Å²) >= 11 is 0. The number of rotatable bonds is 6. The number of hydrogen-bond donors (Lipinski definition) is 1. The molecule has 0 atom stereocenters. The Kier molecular flexibility index (Phi) is 5.49. The second-order valence-electron chi connectivity index (χ2n) is 5.93. The van der Waals surface area contributed by atoms with Gasteiger partial charge in [0.15, 0.2) is 0 Å². The molecule has 0 saturated heterocycles. The lowest BCUT2D eigenvalue weighted by atomic mass is 10.2. The lowest BCUT2D eigenvalue weighted by Gasteiger charge is -2.19. The number of methoxy groups -OCH3 is 1. The van der Waals surface area contributed by atoms with Crippen LogP contribution >= 0.6 is 0 Å². The van der Waals surface area contributed by atoms with Gasteiger partial charge in [0.1, 0.15) is 11.4 Å². The smallest absolute Gasteiger partial charge is 0.274 e. The number of anilines is 2. The molecule has 2 aromatic carbocycles. The summed E-state index contributed by atoms with van der Waals surface area (Å²) in [5.41, 5.74) is 3.20. The molecule has 0 unspecified atom stereocenters. The SMILES string of the molecule is COc1cccc(NC(=O)c2ccc(N(C)Cc3ccccc3)cn2)c1. The number of pyridine rings is 1. The van der Waals surface area contributed by atoms with Crippen molar-refractivity contribution in [2.24, 2.45) is 0 Å². The average Bonchev–Trinajstić information content (AvgIpc) is 2.69. The minimum Gasteiger partial charge on any atom is -0.497 e. The van der Waals surface area contributed by atoms with Crippen LogP contribution in [0, 0.1) is 0 Å². The molecule has 0 bridgehead atoms. The lowest BCUT2D eigenvalue weighted by molar-refractivity contribution is 0.102. The fraction of sp³-hybridized carbons (Fsp3) is 0.143. The molecule has 5 heteroatoms. The van der Waals surface area contributed by atoms with Gasteiger partial charge in [-0.2, -0.15) is 0 Å². The highest BCUT2D eigenvalue weighted by atomic mass is 16.5. The van der Waals surface area contributed by atoms with Gasteiger partial charge in [0.05, 0.1) is 19.0 Å². The van der Waals surface area contributed by atoms with Crippen LogP contribution < -0.4 is 15.0 Å². The monoisotopic (exact) mass is 347 g/mol. The molecule has 0 fully saturated rings. The van der Waals surface area contributed by atoms with Gasteiger partial charge in [-0.1, -0.05) is 36.4 Å². The summed E-state index contributed by atoms with van der Waals surface area (Å²) in [6.45, 7) is 0.776. The van der Waals surface area contributed by atoms with Crippen LogP contribution in [0.2, 0.25) is 0 Å². The van der Waals surface area contributed by atoms with Crippen LogP contribution in [0.25, 0.3) is 0 Å². The van der Waals surface area contributed by atoms with Crippen molar-refractivity contribution >= 4 is 17.3 Å². The minimum atomic E-state index is -0.254. The third kappa shape index (κ3) is 4.39. The molecule has 0 saturated carbocycles. The molecule has 3 rings (SSSR count). The van der Waals surface area contributed by atoms with Gasteiger partial charge >= 0.3 is 0 Å². The zero-order valence-corrected chi connectivity index (χ0v) is 14.8. The van der Waals surface area contributed by atoms with Crippen LogP contribution in [0.15, 0.2) is 72.9 Å². The Morgan fingerprint density at radius 1 is 1.08 bits per heavy atom. The summed E-state index contributed by atoms with van der Waals surface area (Å²) in [5.74, 6) is 0.434. The van der Waals surface area contributed by atoms with Crippen molar-refractivity contribution in [1.82, 2.24) is 4.98 Å². The number of nitrogens with one attached hydrogen (secondary N) is 1. The number of carbonyl (C=O) groups excluding carboxylic acids is 1. The van der Waals surface area contributed by atoms with Gasteiger partial charge in [-0.15, -0.1) is 0 Å². The third-order valence-corrected chi connectivity index (χ3v) is 4.01. The predicted octanol–water partition coefficient (Wildman–Crippen LogP) is 3.98. The van der Waals surface area contributed by atoms with Gasteiger partial charge in [0, 0.05) is 25.3 Å². The lowest BCUT2D eigenvalue weighted by Crippen LogP contribution is -2.18. The van der Waals surface area contributed by atoms with Gasteiger partial charge in [-0.3, -0.25) is 4.79 Å². The second-order valence-corrected chi connectivity index (χ2v) is 5.93. The van der Waals surface area contributed by atoms with Crippen LogP contribution in [0.5, 0.6) is 5.75 Å². The van der Waals surface area contributed by atoms with E-state index in [0.29, 0.717) is 17.1 Å². The van der Waals surface area contributed by atoms with Crippen molar-refractivity contribution in [3.8, 4) is 5.75 Å². The van der Waals surface area contributed by atoms with E-state index in [0.717, 1.165) is 12.2 Å².